The maximum atomic E-state index is 12.2. The number of rotatable bonds is 8. The number of furan rings is 1. The van der Waals surface area contributed by atoms with Gasteiger partial charge < -0.3 is 9.52 Å². The molecule has 0 aliphatic carbocycles. The molecule has 0 saturated carbocycles. The quantitative estimate of drug-likeness (QED) is 0.0941. The van der Waals surface area contributed by atoms with Gasteiger partial charge >= 0.3 is 0 Å². The Balaban J connectivity index is 0.000000251. The molecule has 0 unspecified atom stereocenters. The number of aliphatic hydroxyl groups is 1. The van der Waals surface area contributed by atoms with Crippen LogP contribution in [0.2, 0.25) is 0 Å². The monoisotopic (exact) mass is 859 g/mol. The molecule has 4 heterocycles. The number of nitrogens with zero attached hydrogens (tertiary/aromatic N) is 1. The summed E-state index contributed by atoms with van der Waals surface area (Å²) in [5, 5.41) is 17.1. The summed E-state index contributed by atoms with van der Waals surface area (Å²) in [6.45, 7) is 20.9. The summed E-state index contributed by atoms with van der Waals surface area (Å²) in [5.41, 5.74) is 3.83. The first-order valence-corrected chi connectivity index (χ1v) is 18.5. The molecule has 0 aliphatic rings. The number of carbonyl (C=O) groups excluding carboxylic acids is 1. The predicted molar refractivity (Wildman–Crippen MR) is 203 cm³/mol. The summed E-state index contributed by atoms with van der Waals surface area (Å²) in [7, 11) is 0. The van der Waals surface area contributed by atoms with E-state index in [0.717, 1.165) is 48.3 Å². The summed E-state index contributed by atoms with van der Waals surface area (Å²) in [4.78, 5) is 17.0. The molecule has 48 heavy (non-hydrogen) atoms. The topological polar surface area (TPSA) is 63.3 Å². The number of benzene rings is 2. The minimum Gasteiger partial charge on any atom is -0.512 e. The van der Waals surface area contributed by atoms with E-state index in [4.69, 9.17) is 9.40 Å². The third kappa shape index (κ3) is 7.07. The van der Waals surface area contributed by atoms with E-state index >= 15 is 0 Å². The fourth-order valence-electron chi connectivity index (χ4n) is 6.00. The number of pyridine rings is 1. The molecule has 257 valence electrons. The van der Waals surface area contributed by atoms with Gasteiger partial charge in [-0.3, -0.25) is 9.78 Å². The molecule has 0 atom stereocenters. The van der Waals surface area contributed by atoms with Gasteiger partial charge in [-0.05, 0) is 83.1 Å². The van der Waals surface area contributed by atoms with Crippen LogP contribution in [0, 0.1) is 23.8 Å². The zero-order valence-corrected chi connectivity index (χ0v) is 33.9. The van der Waals surface area contributed by atoms with Gasteiger partial charge in [-0.1, -0.05) is 73.4 Å². The SMILES string of the molecule is CCC(C)(CC)C(=O)/C=C(\O)C(C)(CC)CC.Cc1cc2c(ccc3c2sc2ccnc(-c4[c-]c5ccsc5c(C(C)(C)C)c4)c23)o1.[Ir]. The number of hydrogen-bond donors (Lipinski definition) is 1. The number of hydrogen-bond acceptors (Lipinski definition) is 6. The number of aryl methyl sites for hydroxylation is 1. The standard InChI is InChI=1S/C26H20NOS2.C15H28O2.Ir/c1-14-11-18-20(28-14)6-5-17-22-21(30-25(17)18)7-9-27-23(22)16-12-15-8-10-29-24(15)19(13-16)26(2,3)4;1-7-14(5,8-2)12(16)11-13(17)15(6,9-3)10-4;/h5-11,13H,1-4H3;11,16H,7-10H2,1-6H3;/q-1;;/b;12-11-;. The van der Waals surface area contributed by atoms with Crippen LogP contribution in [-0.2, 0) is 30.3 Å². The van der Waals surface area contributed by atoms with E-state index in [1.54, 1.807) is 11.3 Å². The number of ketones is 1. The van der Waals surface area contributed by atoms with Crippen molar-refractivity contribution < 1.29 is 34.4 Å². The molecule has 6 rings (SSSR count). The Morgan fingerprint density at radius 3 is 2.21 bits per heavy atom. The molecular formula is C41H48IrNO3S2-. The van der Waals surface area contributed by atoms with E-state index in [1.165, 1.54) is 47.3 Å². The second-order valence-corrected chi connectivity index (χ2v) is 16.3. The van der Waals surface area contributed by atoms with E-state index in [-0.39, 0.29) is 47.9 Å². The van der Waals surface area contributed by atoms with Crippen molar-refractivity contribution in [3.63, 3.8) is 0 Å². The van der Waals surface area contributed by atoms with Crippen molar-refractivity contribution in [3.05, 3.63) is 77.2 Å². The van der Waals surface area contributed by atoms with Gasteiger partial charge in [0.2, 0.25) is 0 Å². The van der Waals surface area contributed by atoms with Crippen molar-refractivity contribution >= 4 is 69.7 Å². The Kier molecular flexibility index (Phi) is 11.5. The molecule has 6 aromatic rings. The van der Waals surface area contributed by atoms with Gasteiger partial charge in [0, 0.05) is 63.7 Å². The summed E-state index contributed by atoms with van der Waals surface area (Å²) in [6.07, 6.45) is 6.68. The summed E-state index contributed by atoms with van der Waals surface area (Å²) >= 11 is 3.61. The Morgan fingerprint density at radius 1 is 0.917 bits per heavy atom. The van der Waals surface area contributed by atoms with Gasteiger partial charge in [0.25, 0.3) is 0 Å². The third-order valence-electron chi connectivity index (χ3n) is 10.3. The van der Waals surface area contributed by atoms with Crippen LogP contribution in [0.1, 0.15) is 99.3 Å². The molecule has 0 fully saturated rings. The van der Waals surface area contributed by atoms with E-state index < -0.39 is 0 Å². The molecule has 7 heteroatoms. The molecule has 4 aromatic heterocycles. The van der Waals surface area contributed by atoms with E-state index in [2.05, 4.69) is 68.6 Å². The molecule has 0 aliphatic heterocycles. The number of thiophene rings is 2. The Morgan fingerprint density at radius 2 is 1.58 bits per heavy atom. The van der Waals surface area contributed by atoms with Crippen molar-refractivity contribution in [2.75, 3.05) is 0 Å². The zero-order chi connectivity index (χ0) is 34.3. The molecule has 4 nitrogen and oxygen atoms in total. The van der Waals surface area contributed by atoms with Gasteiger partial charge in [-0.2, -0.15) is 11.3 Å². The molecule has 1 N–H and O–H groups in total. The number of allylic oxidation sites excluding steroid dienone is 2. The molecule has 1 radical (unpaired) electrons. The number of carbonyl (C=O) groups is 1. The number of fused-ring (bicyclic) bond motifs is 6. The van der Waals surface area contributed by atoms with Gasteiger partial charge in [-0.15, -0.1) is 34.9 Å². The maximum absolute atomic E-state index is 12.2. The van der Waals surface area contributed by atoms with Crippen LogP contribution in [0.3, 0.4) is 0 Å². The summed E-state index contributed by atoms with van der Waals surface area (Å²) in [6, 6.07) is 16.6. The van der Waals surface area contributed by atoms with Crippen LogP contribution in [0.25, 0.3) is 52.5 Å². The van der Waals surface area contributed by atoms with E-state index in [9.17, 15) is 9.90 Å². The fourth-order valence-corrected chi connectivity index (χ4v) is 8.28. The Bertz CT molecular complexity index is 2100. The van der Waals surface area contributed by atoms with Gasteiger partial charge in [0.15, 0.2) is 5.78 Å². The molecule has 0 spiro atoms. The van der Waals surface area contributed by atoms with Crippen LogP contribution in [0.15, 0.2) is 64.2 Å². The predicted octanol–water partition coefficient (Wildman–Crippen LogP) is 13.1. The van der Waals surface area contributed by atoms with E-state index in [1.807, 2.05) is 66.0 Å². The molecule has 0 amide bonds. The van der Waals surface area contributed by atoms with Crippen LogP contribution in [0.5, 0.6) is 0 Å². The average Bonchev–Trinajstić information content (AvgIpc) is 3.79. The first-order chi connectivity index (χ1) is 22.2. The van der Waals surface area contributed by atoms with Crippen molar-refractivity contribution in [1.82, 2.24) is 4.98 Å². The first kappa shape index (κ1) is 38.0. The van der Waals surface area contributed by atoms with Crippen LogP contribution >= 0.6 is 22.7 Å². The first-order valence-electron chi connectivity index (χ1n) is 16.8. The molecule has 0 saturated heterocycles. The van der Waals surface area contributed by atoms with Crippen LogP contribution < -0.4 is 0 Å². The number of aromatic nitrogens is 1. The van der Waals surface area contributed by atoms with Gasteiger partial charge in [0.1, 0.15) is 17.1 Å². The summed E-state index contributed by atoms with van der Waals surface area (Å²) < 4.78 is 9.70. The molecule has 0 bridgehead atoms. The van der Waals surface area contributed by atoms with E-state index in [0.29, 0.717) is 0 Å². The third-order valence-corrected chi connectivity index (χ3v) is 12.5. The minimum atomic E-state index is -0.337. The van der Waals surface area contributed by atoms with Gasteiger partial charge in [-0.25, -0.2) is 0 Å². The van der Waals surface area contributed by atoms with Crippen molar-refractivity contribution in [2.45, 2.75) is 100 Å². The van der Waals surface area contributed by atoms with Crippen molar-refractivity contribution in [1.29, 1.82) is 0 Å². The summed E-state index contributed by atoms with van der Waals surface area (Å²) in [5.74, 6) is 1.23. The van der Waals surface area contributed by atoms with Crippen molar-refractivity contribution in [3.8, 4) is 11.3 Å². The minimum absolute atomic E-state index is 0. The van der Waals surface area contributed by atoms with Crippen molar-refractivity contribution in [2.24, 2.45) is 10.8 Å². The molecule has 2 aromatic carbocycles. The van der Waals surface area contributed by atoms with Crippen LogP contribution in [0.4, 0.5) is 0 Å². The average molecular weight is 859 g/mol. The number of aliphatic hydroxyl groups excluding tert-OH is 1. The fraction of sp³-hybridized carbons (Fsp3) is 0.415. The second-order valence-electron chi connectivity index (χ2n) is 14.3. The molecular weight excluding hydrogens is 811 g/mol. The zero-order valence-electron chi connectivity index (χ0n) is 29.9. The Labute approximate surface area is 307 Å². The Hall–Kier alpha value is -2.83. The van der Waals surface area contributed by atoms with Gasteiger partial charge in [0.05, 0.1) is 0 Å². The second kappa shape index (κ2) is 14.6. The largest absolute Gasteiger partial charge is 0.512 e. The van der Waals surface area contributed by atoms with Crippen LogP contribution in [-0.4, -0.2) is 15.9 Å². The smallest absolute Gasteiger partial charge is 0.164 e. The normalized spacial score (nSPS) is 12.8. The maximum Gasteiger partial charge on any atom is 0.164 e.